The number of aliphatic carboxylic acids is 1. The van der Waals surface area contributed by atoms with Crippen LogP contribution in [0.15, 0.2) is 12.1 Å². The minimum Gasteiger partial charge on any atom is -0.491 e. The fourth-order valence-corrected chi connectivity index (χ4v) is 2.89. The molecule has 1 aromatic carbocycles. The van der Waals surface area contributed by atoms with Crippen LogP contribution in [0.5, 0.6) is 5.75 Å². The monoisotopic (exact) mass is 471 g/mol. The van der Waals surface area contributed by atoms with Crippen molar-refractivity contribution in [2.75, 3.05) is 13.2 Å². The second kappa shape index (κ2) is 12.6. The Balaban J connectivity index is 3.14. The molecular weight excluding hydrogens is 438 g/mol. The maximum absolute atomic E-state index is 13.1. The molecule has 0 fully saturated rings. The molecule has 180 valence electrons. The van der Waals surface area contributed by atoms with E-state index in [-0.39, 0.29) is 42.2 Å². The number of nitrogens with two attached hydrogens (primary N) is 1. The zero-order chi connectivity index (χ0) is 24.6. The lowest BCUT2D eigenvalue weighted by atomic mass is 10.0. The van der Waals surface area contributed by atoms with Crippen LogP contribution in [-0.2, 0) is 9.59 Å². The van der Waals surface area contributed by atoms with E-state index in [9.17, 15) is 19.5 Å². The number of carbonyl (C=O) groups is 3. The van der Waals surface area contributed by atoms with Crippen LogP contribution in [-0.4, -0.2) is 59.3 Å². The zero-order valence-electron chi connectivity index (χ0n) is 19.1. The van der Waals surface area contributed by atoms with E-state index >= 15 is 0 Å². The molecule has 0 bridgehead atoms. The van der Waals surface area contributed by atoms with Crippen LogP contribution in [0.2, 0.25) is 5.02 Å². The molecule has 0 heterocycles. The molecule has 0 unspecified atom stereocenters. The molecule has 0 aliphatic heterocycles. The first-order valence-electron chi connectivity index (χ1n) is 10.5. The standard InChI is InChI=1S/C22H34ClN3O6/c1-11(2)6-17(21(29)26-18(9-27)22(30)31)25-20(28)14-8-15(23)13(5)7-19(14)32-10-16(24)12(3)4/h7-8,11-12,16-18,27H,6,9-10,24H2,1-5H3,(H,25,28)(H,26,29)(H,30,31)/t16-,17+,18+/m1/s1. The van der Waals surface area contributed by atoms with Gasteiger partial charge < -0.3 is 31.3 Å². The van der Waals surface area contributed by atoms with Gasteiger partial charge in [0.15, 0.2) is 0 Å². The summed E-state index contributed by atoms with van der Waals surface area (Å²) < 4.78 is 5.80. The largest absolute Gasteiger partial charge is 0.491 e. The lowest BCUT2D eigenvalue weighted by molar-refractivity contribution is -0.143. The van der Waals surface area contributed by atoms with Crippen LogP contribution in [0.4, 0.5) is 0 Å². The zero-order valence-corrected chi connectivity index (χ0v) is 19.9. The van der Waals surface area contributed by atoms with Crippen molar-refractivity contribution in [1.82, 2.24) is 10.6 Å². The third-order valence-electron chi connectivity index (χ3n) is 4.92. The topological polar surface area (TPSA) is 151 Å². The first-order chi connectivity index (χ1) is 14.9. The fraction of sp³-hybridized carbons (Fsp3) is 0.591. The second-order valence-corrected chi connectivity index (χ2v) is 8.96. The van der Waals surface area contributed by atoms with Crippen molar-refractivity contribution in [2.45, 2.75) is 59.2 Å². The maximum Gasteiger partial charge on any atom is 0.328 e. The van der Waals surface area contributed by atoms with Crippen LogP contribution in [0.1, 0.15) is 50.0 Å². The van der Waals surface area contributed by atoms with Crippen LogP contribution >= 0.6 is 11.6 Å². The molecule has 1 aromatic rings. The quantitative estimate of drug-likeness (QED) is 0.311. The number of amides is 2. The van der Waals surface area contributed by atoms with Gasteiger partial charge in [0.25, 0.3) is 5.91 Å². The molecule has 2 amide bonds. The highest BCUT2D eigenvalue weighted by molar-refractivity contribution is 6.31. The van der Waals surface area contributed by atoms with Crippen molar-refractivity contribution in [2.24, 2.45) is 17.6 Å². The number of halogens is 1. The Labute approximate surface area is 193 Å². The molecular formula is C22H34ClN3O6. The van der Waals surface area contributed by atoms with E-state index in [1.807, 2.05) is 27.7 Å². The Bertz CT molecular complexity index is 815. The van der Waals surface area contributed by atoms with E-state index < -0.39 is 36.5 Å². The molecule has 0 saturated carbocycles. The number of hydrogen-bond acceptors (Lipinski definition) is 6. The van der Waals surface area contributed by atoms with E-state index in [2.05, 4.69) is 10.6 Å². The Morgan fingerprint density at radius 3 is 2.25 bits per heavy atom. The molecule has 0 aliphatic carbocycles. The van der Waals surface area contributed by atoms with Crippen molar-refractivity contribution in [3.63, 3.8) is 0 Å². The van der Waals surface area contributed by atoms with Gasteiger partial charge in [0.05, 0.1) is 12.2 Å². The summed E-state index contributed by atoms with van der Waals surface area (Å²) in [5.74, 6) is -2.22. The van der Waals surface area contributed by atoms with Crippen LogP contribution in [0.25, 0.3) is 0 Å². The summed E-state index contributed by atoms with van der Waals surface area (Å²) in [6, 6.07) is 0.350. The highest BCUT2D eigenvalue weighted by Crippen LogP contribution is 2.27. The van der Waals surface area contributed by atoms with E-state index in [0.29, 0.717) is 10.6 Å². The lowest BCUT2D eigenvalue weighted by Crippen LogP contribution is -2.53. The van der Waals surface area contributed by atoms with Gasteiger partial charge in [-0.25, -0.2) is 4.79 Å². The molecule has 3 atom stereocenters. The van der Waals surface area contributed by atoms with Gasteiger partial charge in [-0.05, 0) is 42.9 Å². The molecule has 0 radical (unpaired) electrons. The van der Waals surface area contributed by atoms with Gasteiger partial charge in [0.2, 0.25) is 5.91 Å². The van der Waals surface area contributed by atoms with Crippen molar-refractivity contribution in [3.05, 3.63) is 28.3 Å². The van der Waals surface area contributed by atoms with Gasteiger partial charge in [0.1, 0.15) is 24.4 Å². The predicted octanol–water partition coefficient (Wildman–Crippen LogP) is 1.72. The molecule has 0 aromatic heterocycles. The maximum atomic E-state index is 13.1. The third-order valence-corrected chi connectivity index (χ3v) is 5.33. The van der Waals surface area contributed by atoms with Crippen molar-refractivity contribution in [1.29, 1.82) is 0 Å². The first-order valence-corrected chi connectivity index (χ1v) is 10.9. The minimum atomic E-state index is -1.47. The number of aryl methyl sites for hydroxylation is 1. The average Bonchev–Trinajstić information content (AvgIpc) is 2.70. The first kappa shape index (κ1) is 27.7. The normalized spacial score (nSPS) is 14.1. The summed E-state index contributed by atoms with van der Waals surface area (Å²) in [4.78, 5) is 36.8. The number of benzene rings is 1. The molecule has 1 rings (SSSR count). The molecule has 6 N–H and O–H groups in total. The smallest absolute Gasteiger partial charge is 0.328 e. The second-order valence-electron chi connectivity index (χ2n) is 8.55. The van der Waals surface area contributed by atoms with Gasteiger partial charge >= 0.3 is 5.97 Å². The third kappa shape index (κ3) is 8.29. The van der Waals surface area contributed by atoms with Crippen LogP contribution in [0, 0.1) is 18.8 Å². The van der Waals surface area contributed by atoms with E-state index in [0.717, 1.165) is 0 Å². The fourth-order valence-electron chi connectivity index (χ4n) is 2.73. The van der Waals surface area contributed by atoms with Gasteiger partial charge in [-0.2, -0.15) is 0 Å². The number of aliphatic hydroxyl groups excluding tert-OH is 1. The summed E-state index contributed by atoms with van der Waals surface area (Å²) >= 11 is 6.22. The van der Waals surface area contributed by atoms with E-state index in [1.165, 1.54) is 6.07 Å². The van der Waals surface area contributed by atoms with Gasteiger partial charge in [-0.15, -0.1) is 0 Å². The van der Waals surface area contributed by atoms with Gasteiger partial charge in [-0.3, -0.25) is 9.59 Å². The summed E-state index contributed by atoms with van der Waals surface area (Å²) in [6.45, 7) is 8.82. The Morgan fingerprint density at radius 1 is 1.12 bits per heavy atom. The summed E-state index contributed by atoms with van der Waals surface area (Å²) in [5.41, 5.74) is 6.89. The SMILES string of the molecule is Cc1cc(OC[C@@H](N)C(C)C)c(C(=O)N[C@@H](CC(C)C)C(=O)N[C@@H](CO)C(=O)O)cc1Cl. The predicted molar refractivity (Wildman–Crippen MR) is 122 cm³/mol. The number of rotatable bonds is 12. The highest BCUT2D eigenvalue weighted by atomic mass is 35.5. The summed E-state index contributed by atoms with van der Waals surface area (Å²) in [7, 11) is 0. The van der Waals surface area contributed by atoms with Crippen LogP contribution < -0.4 is 21.1 Å². The van der Waals surface area contributed by atoms with E-state index in [1.54, 1.807) is 13.0 Å². The Kier molecular flexibility index (Phi) is 10.9. The van der Waals surface area contributed by atoms with Crippen molar-refractivity contribution < 1.29 is 29.3 Å². The number of ether oxygens (including phenoxy) is 1. The Hall–Kier alpha value is -2.36. The van der Waals surface area contributed by atoms with Crippen LogP contribution in [0.3, 0.4) is 0 Å². The average molecular weight is 472 g/mol. The minimum absolute atomic E-state index is 0.0184. The molecule has 32 heavy (non-hydrogen) atoms. The van der Waals surface area contributed by atoms with Gasteiger partial charge in [-0.1, -0.05) is 39.3 Å². The van der Waals surface area contributed by atoms with Gasteiger partial charge in [0, 0.05) is 11.1 Å². The molecule has 0 saturated heterocycles. The summed E-state index contributed by atoms with van der Waals surface area (Å²) in [5, 5.41) is 23.5. The number of carbonyl (C=O) groups excluding carboxylic acids is 2. The number of carboxylic acids is 1. The number of aliphatic hydroxyl groups is 1. The van der Waals surface area contributed by atoms with E-state index in [4.69, 9.17) is 27.2 Å². The molecule has 9 nitrogen and oxygen atoms in total. The number of hydrogen-bond donors (Lipinski definition) is 5. The Morgan fingerprint density at radius 2 is 1.75 bits per heavy atom. The summed E-state index contributed by atoms with van der Waals surface area (Å²) in [6.07, 6.45) is 0.253. The van der Waals surface area contributed by atoms with Crippen molar-refractivity contribution in [3.8, 4) is 5.75 Å². The molecule has 0 spiro atoms. The molecule has 10 heteroatoms. The highest BCUT2D eigenvalue weighted by Gasteiger charge is 2.28. The number of nitrogens with one attached hydrogen (secondary N) is 2. The number of carboxylic acid groups (broad SMARTS) is 1. The lowest BCUT2D eigenvalue weighted by Gasteiger charge is -2.23. The molecule has 0 aliphatic rings. The van der Waals surface area contributed by atoms with Crippen molar-refractivity contribution >= 4 is 29.4 Å².